The highest BCUT2D eigenvalue weighted by Crippen LogP contribution is 2.40. The van der Waals surface area contributed by atoms with Gasteiger partial charge < -0.3 is 0 Å². The van der Waals surface area contributed by atoms with E-state index in [9.17, 15) is 9.59 Å². The van der Waals surface area contributed by atoms with Crippen molar-refractivity contribution < 1.29 is 4.79 Å². The normalized spacial score (nSPS) is 20.8. The first-order valence-corrected chi connectivity index (χ1v) is 7.45. The van der Waals surface area contributed by atoms with Gasteiger partial charge in [-0.3, -0.25) is 14.2 Å². The van der Waals surface area contributed by atoms with Crippen molar-refractivity contribution >= 4 is 33.7 Å². The molecule has 2 aromatic rings. The highest BCUT2D eigenvalue weighted by atomic mass is 79.9. The number of pyridine rings is 1. The van der Waals surface area contributed by atoms with Crippen molar-refractivity contribution in [1.82, 2.24) is 8.49 Å². The van der Waals surface area contributed by atoms with Crippen molar-refractivity contribution in [3.63, 3.8) is 0 Å². The third-order valence-electron chi connectivity index (χ3n) is 3.86. The molecule has 0 spiro atoms. The summed E-state index contributed by atoms with van der Waals surface area (Å²) in [4.78, 5) is 24.9. The number of benzene rings is 1. The number of aromatic nitrogens is 1. The molecule has 1 aliphatic heterocycles. The Morgan fingerprint density at radius 1 is 1.19 bits per heavy atom. The smallest absolute Gasteiger partial charge is 0.274 e. The second kappa shape index (κ2) is 4.71. The lowest BCUT2D eigenvalue weighted by molar-refractivity contribution is 0.0823. The zero-order valence-corrected chi connectivity index (χ0v) is 13.8. The summed E-state index contributed by atoms with van der Waals surface area (Å²) in [5, 5.41) is 0.552. The first-order chi connectivity index (χ1) is 9.87. The van der Waals surface area contributed by atoms with Gasteiger partial charge in [-0.25, -0.2) is 3.93 Å². The molecule has 3 rings (SSSR count). The molecule has 0 N–H and O–H groups in total. The average molecular weight is 368 g/mol. The number of carbonyl (C=O) groups excluding carboxylic acids is 1. The summed E-state index contributed by atoms with van der Waals surface area (Å²) < 4.78 is 2.90. The molecule has 0 fully saturated rings. The SMILES string of the molecule is Cc1ccc(=O)n2c1C(=O)N(Br)C2(C)c1cccc(Cl)c1. The third-order valence-corrected chi connectivity index (χ3v) is 5.11. The Balaban J connectivity index is 2.39. The minimum absolute atomic E-state index is 0.228. The van der Waals surface area contributed by atoms with E-state index in [0.717, 1.165) is 11.1 Å². The van der Waals surface area contributed by atoms with E-state index in [1.165, 1.54) is 14.6 Å². The third kappa shape index (κ3) is 1.88. The van der Waals surface area contributed by atoms with Crippen LogP contribution in [0.2, 0.25) is 5.02 Å². The van der Waals surface area contributed by atoms with E-state index in [1.807, 2.05) is 19.9 Å². The maximum Gasteiger partial charge on any atom is 0.283 e. The zero-order valence-electron chi connectivity index (χ0n) is 11.4. The lowest BCUT2D eigenvalue weighted by Crippen LogP contribution is -2.44. The highest BCUT2D eigenvalue weighted by molar-refractivity contribution is 9.07. The number of hydrogen-bond donors (Lipinski definition) is 0. The van der Waals surface area contributed by atoms with Gasteiger partial charge in [-0.05, 0) is 31.5 Å². The molecular formula is C15H12BrClN2O2. The zero-order chi connectivity index (χ0) is 15.4. The minimum atomic E-state index is -0.958. The standard InChI is InChI=1S/C15H12BrClN2O2/c1-9-6-7-12(20)18-13(9)14(21)19(16)15(18,2)10-4-3-5-11(17)8-10/h3-8H,1-2H3. The van der Waals surface area contributed by atoms with Crippen molar-refractivity contribution in [2.24, 2.45) is 0 Å². The van der Waals surface area contributed by atoms with Crippen molar-refractivity contribution in [2.75, 3.05) is 0 Å². The fourth-order valence-electron chi connectivity index (χ4n) is 2.74. The molecule has 1 atom stereocenters. The summed E-state index contributed by atoms with van der Waals surface area (Å²) in [5.41, 5.74) is 0.720. The molecule has 6 heteroatoms. The van der Waals surface area contributed by atoms with Gasteiger partial charge in [-0.15, -0.1) is 0 Å². The van der Waals surface area contributed by atoms with E-state index in [-0.39, 0.29) is 11.5 Å². The Morgan fingerprint density at radius 3 is 2.57 bits per heavy atom. The summed E-state index contributed by atoms with van der Waals surface area (Å²) >= 11 is 9.38. The molecular weight excluding hydrogens is 356 g/mol. The van der Waals surface area contributed by atoms with E-state index < -0.39 is 5.66 Å². The molecule has 1 aromatic carbocycles. The maximum atomic E-state index is 12.5. The van der Waals surface area contributed by atoms with Crippen LogP contribution >= 0.6 is 27.7 Å². The van der Waals surface area contributed by atoms with Crippen LogP contribution in [-0.2, 0) is 5.66 Å². The predicted octanol–water partition coefficient (Wildman–Crippen LogP) is 3.30. The van der Waals surface area contributed by atoms with Gasteiger partial charge in [0, 0.05) is 16.7 Å². The number of aryl methyl sites for hydroxylation is 1. The van der Waals surface area contributed by atoms with Crippen LogP contribution in [0.15, 0.2) is 41.2 Å². The Kier molecular flexibility index (Phi) is 3.22. The molecule has 0 aliphatic carbocycles. The van der Waals surface area contributed by atoms with Gasteiger partial charge in [-0.1, -0.05) is 29.8 Å². The molecule has 0 saturated heterocycles. The summed E-state index contributed by atoms with van der Waals surface area (Å²) in [6.45, 7) is 3.62. The quantitative estimate of drug-likeness (QED) is 0.726. The summed E-state index contributed by atoms with van der Waals surface area (Å²) in [6, 6.07) is 10.3. The van der Waals surface area contributed by atoms with E-state index >= 15 is 0 Å². The number of carbonyl (C=O) groups is 1. The average Bonchev–Trinajstić information content (AvgIpc) is 2.67. The Labute approximate surface area is 135 Å². The van der Waals surface area contributed by atoms with E-state index in [2.05, 4.69) is 16.1 Å². The van der Waals surface area contributed by atoms with Gasteiger partial charge in [0.1, 0.15) is 5.69 Å². The van der Waals surface area contributed by atoms with Gasteiger partial charge in [0.25, 0.3) is 11.5 Å². The second-order valence-electron chi connectivity index (χ2n) is 5.16. The minimum Gasteiger partial charge on any atom is -0.274 e. The van der Waals surface area contributed by atoms with E-state index in [1.54, 1.807) is 24.3 Å². The van der Waals surface area contributed by atoms with Crippen LogP contribution in [0.3, 0.4) is 0 Å². The topological polar surface area (TPSA) is 42.3 Å². The number of amides is 1. The van der Waals surface area contributed by atoms with Crippen molar-refractivity contribution in [1.29, 1.82) is 0 Å². The highest BCUT2D eigenvalue weighted by Gasteiger charge is 2.48. The van der Waals surface area contributed by atoms with Crippen LogP contribution in [0.5, 0.6) is 0 Å². The summed E-state index contributed by atoms with van der Waals surface area (Å²) in [5.74, 6) is -0.243. The number of hydrogen-bond acceptors (Lipinski definition) is 2. The van der Waals surface area contributed by atoms with Crippen LogP contribution in [-0.4, -0.2) is 14.4 Å². The first-order valence-electron chi connectivity index (χ1n) is 6.37. The fourth-order valence-corrected chi connectivity index (χ4v) is 3.46. The lowest BCUT2D eigenvalue weighted by atomic mass is 10.0. The molecule has 0 radical (unpaired) electrons. The largest absolute Gasteiger partial charge is 0.283 e. The Hall–Kier alpha value is -1.59. The second-order valence-corrected chi connectivity index (χ2v) is 6.30. The lowest BCUT2D eigenvalue weighted by Gasteiger charge is -2.32. The van der Waals surface area contributed by atoms with Gasteiger partial charge in [-0.2, -0.15) is 0 Å². The molecule has 1 aromatic heterocycles. The molecule has 4 nitrogen and oxygen atoms in total. The Bertz CT molecular complexity index is 818. The summed E-state index contributed by atoms with van der Waals surface area (Å²) in [7, 11) is 0. The molecule has 0 saturated carbocycles. The van der Waals surface area contributed by atoms with Crippen molar-refractivity contribution in [2.45, 2.75) is 19.5 Å². The molecule has 0 bridgehead atoms. The first kappa shape index (κ1) is 14.4. The maximum absolute atomic E-state index is 12.5. The van der Waals surface area contributed by atoms with Gasteiger partial charge in [0.05, 0.1) is 16.1 Å². The van der Waals surface area contributed by atoms with Crippen LogP contribution in [0.25, 0.3) is 0 Å². The van der Waals surface area contributed by atoms with E-state index in [0.29, 0.717) is 10.7 Å². The molecule has 1 amide bonds. The molecule has 21 heavy (non-hydrogen) atoms. The monoisotopic (exact) mass is 366 g/mol. The number of fused-ring (bicyclic) bond motifs is 1. The van der Waals surface area contributed by atoms with Crippen LogP contribution < -0.4 is 5.56 Å². The molecule has 108 valence electrons. The number of rotatable bonds is 1. The molecule has 1 aliphatic rings. The van der Waals surface area contributed by atoms with Crippen molar-refractivity contribution in [3.05, 3.63) is 68.6 Å². The van der Waals surface area contributed by atoms with Crippen LogP contribution in [0.1, 0.15) is 28.5 Å². The fraction of sp³-hybridized carbons (Fsp3) is 0.200. The molecule has 1 unspecified atom stereocenters. The predicted molar refractivity (Wildman–Crippen MR) is 84.7 cm³/mol. The van der Waals surface area contributed by atoms with Crippen LogP contribution in [0.4, 0.5) is 0 Å². The van der Waals surface area contributed by atoms with E-state index in [4.69, 9.17) is 11.6 Å². The molecule has 2 heterocycles. The van der Waals surface area contributed by atoms with Gasteiger partial charge >= 0.3 is 0 Å². The van der Waals surface area contributed by atoms with Gasteiger partial charge in [0.15, 0.2) is 5.66 Å². The summed E-state index contributed by atoms with van der Waals surface area (Å²) in [6.07, 6.45) is 0. The Morgan fingerprint density at radius 2 is 1.90 bits per heavy atom. The number of halogens is 2. The van der Waals surface area contributed by atoms with Crippen molar-refractivity contribution in [3.8, 4) is 0 Å². The number of nitrogens with zero attached hydrogens (tertiary/aromatic N) is 2. The van der Waals surface area contributed by atoms with Gasteiger partial charge in [0.2, 0.25) is 0 Å². The van der Waals surface area contributed by atoms with Crippen LogP contribution in [0, 0.1) is 6.92 Å².